The minimum atomic E-state index is -1.40. The van der Waals surface area contributed by atoms with E-state index in [4.69, 9.17) is 14.2 Å². The molecule has 5 unspecified atom stereocenters. The Kier molecular flexibility index (Phi) is 8.28. The molecule has 1 saturated heterocycles. The number of rotatable bonds is 9. The van der Waals surface area contributed by atoms with Gasteiger partial charge in [0.2, 0.25) is 0 Å². The summed E-state index contributed by atoms with van der Waals surface area (Å²) in [6, 6.07) is 0. The molecule has 1 heterocycles. The molecule has 0 bridgehead atoms. The van der Waals surface area contributed by atoms with E-state index in [2.05, 4.69) is 27.7 Å². The fourth-order valence-electron chi connectivity index (χ4n) is 2.26. The third-order valence-electron chi connectivity index (χ3n) is 6.25. The Morgan fingerprint density at radius 2 is 1.44 bits per heavy atom. The Bertz CT molecular complexity index is 456. The average molecular weight is 393 g/mol. The number of aliphatic hydroxyl groups excluding tert-OH is 3. The summed E-state index contributed by atoms with van der Waals surface area (Å²) in [5.74, 6) is 0.419. The lowest BCUT2D eigenvalue weighted by atomic mass is 9.78. The molecule has 7 heteroatoms. The second kappa shape index (κ2) is 9.03. The predicted octanol–water partition coefficient (Wildman–Crippen LogP) is 1.31. The molecule has 0 spiro atoms. The topological polar surface area (TPSA) is 109 Å². The van der Waals surface area contributed by atoms with Gasteiger partial charge in [0, 0.05) is 5.41 Å². The van der Waals surface area contributed by atoms with Crippen LogP contribution in [0.3, 0.4) is 0 Å². The number of aliphatic hydroxyl groups is 4. The van der Waals surface area contributed by atoms with Gasteiger partial charge in [-0.2, -0.15) is 0 Å². The van der Waals surface area contributed by atoms with Crippen LogP contribution >= 0.6 is 0 Å². The molecule has 1 aliphatic rings. The summed E-state index contributed by atoms with van der Waals surface area (Å²) in [4.78, 5) is 0. The zero-order valence-electron chi connectivity index (χ0n) is 18.1. The molecule has 5 atom stereocenters. The lowest BCUT2D eigenvalue weighted by Gasteiger charge is -2.43. The minimum Gasteiger partial charge on any atom is -0.390 e. The molecule has 162 valence electrons. The molecule has 7 nitrogen and oxygen atoms in total. The van der Waals surface area contributed by atoms with E-state index in [0.29, 0.717) is 12.5 Å². The summed E-state index contributed by atoms with van der Waals surface area (Å²) >= 11 is 0. The molecule has 0 radical (unpaired) electrons. The van der Waals surface area contributed by atoms with Gasteiger partial charge in [0.15, 0.2) is 6.29 Å². The van der Waals surface area contributed by atoms with Crippen LogP contribution in [0.1, 0.15) is 55.4 Å². The quantitative estimate of drug-likeness (QED) is 0.468. The monoisotopic (exact) mass is 392 g/mol. The fourth-order valence-corrected chi connectivity index (χ4v) is 2.26. The van der Waals surface area contributed by atoms with E-state index < -0.39 is 41.7 Å². The van der Waals surface area contributed by atoms with E-state index in [1.807, 2.05) is 13.8 Å². The van der Waals surface area contributed by atoms with Gasteiger partial charge in [-0.05, 0) is 25.2 Å². The predicted molar refractivity (Wildman–Crippen MR) is 102 cm³/mol. The first-order valence-electron chi connectivity index (χ1n) is 9.71. The van der Waals surface area contributed by atoms with Gasteiger partial charge in [0.25, 0.3) is 0 Å². The molecule has 0 aromatic carbocycles. The fraction of sp³-hybridized carbons (Fsp3) is 1.00. The van der Waals surface area contributed by atoms with E-state index in [1.54, 1.807) is 13.8 Å². The summed E-state index contributed by atoms with van der Waals surface area (Å²) in [7, 11) is 0. The number of hydrogen-bond donors (Lipinski definition) is 4. The third kappa shape index (κ3) is 6.35. The van der Waals surface area contributed by atoms with Crippen molar-refractivity contribution in [1.29, 1.82) is 0 Å². The molecule has 27 heavy (non-hydrogen) atoms. The molecule has 0 aromatic rings. The van der Waals surface area contributed by atoms with E-state index in [9.17, 15) is 20.4 Å². The van der Waals surface area contributed by atoms with Crippen LogP contribution in [0.15, 0.2) is 0 Å². The van der Waals surface area contributed by atoms with Crippen molar-refractivity contribution in [3.8, 4) is 0 Å². The molecule has 0 aromatic heterocycles. The van der Waals surface area contributed by atoms with Crippen LogP contribution < -0.4 is 0 Å². The van der Waals surface area contributed by atoms with Crippen LogP contribution in [-0.4, -0.2) is 76.6 Å². The highest BCUT2D eigenvalue weighted by Crippen LogP contribution is 2.32. The molecule has 4 N–H and O–H groups in total. The van der Waals surface area contributed by atoms with Gasteiger partial charge in [-0.25, -0.2) is 0 Å². The molecular weight excluding hydrogens is 352 g/mol. The van der Waals surface area contributed by atoms with Crippen LogP contribution in [0.4, 0.5) is 0 Å². The highest BCUT2D eigenvalue weighted by molar-refractivity contribution is 4.91. The zero-order valence-corrected chi connectivity index (χ0v) is 18.1. The van der Waals surface area contributed by atoms with Gasteiger partial charge < -0.3 is 34.6 Å². The van der Waals surface area contributed by atoms with Crippen LogP contribution in [-0.2, 0) is 14.2 Å². The maximum absolute atomic E-state index is 10.2. The van der Waals surface area contributed by atoms with Gasteiger partial charge in [0.05, 0.1) is 25.4 Å². The van der Waals surface area contributed by atoms with Gasteiger partial charge in [-0.3, -0.25) is 0 Å². The summed E-state index contributed by atoms with van der Waals surface area (Å²) < 4.78 is 17.1. The van der Waals surface area contributed by atoms with Gasteiger partial charge in [-0.1, -0.05) is 41.5 Å². The van der Waals surface area contributed by atoms with E-state index >= 15 is 0 Å². The molecule has 1 aliphatic heterocycles. The second-order valence-corrected chi connectivity index (χ2v) is 9.93. The van der Waals surface area contributed by atoms with Crippen LogP contribution in [0.5, 0.6) is 0 Å². The molecule has 0 amide bonds. The van der Waals surface area contributed by atoms with Gasteiger partial charge in [-0.15, -0.1) is 0 Å². The molecule has 0 aliphatic carbocycles. The van der Waals surface area contributed by atoms with Crippen molar-refractivity contribution >= 4 is 0 Å². The maximum atomic E-state index is 10.2. The van der Waals surface area contributed by atoms with Crippen molar-refractivity contribution in [3.63, 3.8) is 0 Å². The van der Waals surface area contributed by atoms with Crippen molar-refractivity contribution < 1.29 is 34.6 Å². The van der Waals surface area contributed by atoms with Crippen molar-refractivity contribution in [2.45, 2.75) is 91.7 Å². The first-order valence-corrected chi connectivity index (χ1v) is 9.71. The molecule has 0 saturated carbocycles. The summed E-state index contributed by atoms with van der Waals surface area (Å²) in [6.45, 7) is 16.1. The Balaban J connectivity index is 2.68. The normalized spacial score (nSPS) is 30.8. The Morgan fingerprint density at radius 3 is 1.93 bits per heavy atom. The Morgan fingerprint density at radius 1 is 0.889 bits per heavy atom. The zero-order chi connectivity index (χ0) is 21.2. The van der Waals surface area contributed by atoms with E-state index in [1.165, 1.54) is 0 Å². The third-order valence-corrected chi connectivity index (χ3v) is 6.25. The molecule has 1 rings (SSSR count). The lowest BCUT2D eigenvalue weighted by Crippen LogP contribution is -2.60. The molecule has 1 fully saturated rings. The van der Waals surface area contributed by atoms with Crippen LogP contribution in [0.25, 0.3) is 0 Å². The number of ether oxygens (including phenoxy) is 3. The van der Waals surface area contributed by atoms with Gasteiger partial charge >= 0.3 is 0 Å². The van der Waals surface area contributed by atoms with Crippen LogP contribution in [0, 0.1) is 16.7 Å². The van der Waals surface area contributed by atoms with Crippen molar-refractivity contribution in [2.75, 3.05) is 19.8 Å². The highest BCUT2D eigenvalue weighted by atomic mass is 16.7. The average Bonchev–Trinajstić information content (AvgIpc) is 2.52. The lowest BCUT2D eigenvalue weighted by molar-refractivity contribution is -0.311. The van der Waals surface area contributed by atoms with Crippen molar-refractivity contribution in [2.24, 2.45) is 16.7 Å². The van der Waals surface area contributed by atoms with Crippen molar-refractivity contribution in [3.05, 3.63) is 0 Å². The Hall–Kier alpha value is -0.280. The SMILES string of the molecule is CC(C)C(C)(C)COCC1OC(OCC(C)(C)C(C)(C)O)C(O)C(O)C1O. The van der Waals surface area contributed by atoms with E-state index in [0.717, 1.165) is 0 Å². The number of hydrogen-bond acceptors (Lipinski definition) is 7. The van der Waals surface area contributed by atoms with Crippen LogP contribution in [0.2, 0.25) is 0 Å². The smallest absolute Gasteiger partial charge is 0.186 e. The van der Waals surface area contributed by atoms with Crippen molar-refractivity contribution in [1.82, 2.24) is 0 Å². The molecular formula is C20H40O7. The highest BCUT2D eigenvalue weighted by Gasteiger charge is 2.46. The summed E-state index contributed by atoms with van der Waals surface area (Å²) in [5.41, 5.74) is -1.65. The first kappa shape index (κ1) is 24.8. The Labute approximate surface area is 163 Å². The summed E-state index contributed by atoms with van der Waals surface area (Å²) in [6.07, 6.45) is -6.00. The maximum Gasteiger partial charge on any atom is 0.186 e. The summed E-state index contributed by atoms with van der Waals surface area (Å²) in [5, 5.41) is 40.8. The second-order valence-electron chi connectivity index (χ2n) is 9.93. The largest absolute Gasteiger partial charge is 0.390 e. The van der Waals surface area contributed by atoms with Gasteiger partial charge in [0.1, 0.15) is 24.4 Å². The standard InChI is InChI=1S/C20H40O7/c1-12(2)18(3,4)10-25-9-13-14(21)15(22)16(23)17(27-13)26-11-19(5,6)20(7,8)24/h12-17,21-24H,9-11H2,1-8H3. The first-order chi connectivity index (χ1) is 12.1. The van der Waals surface area contributed by atoms with E-state index in [-0.39, 0.29) is 18.6 Å². The minimum absolute atomic E-state index is 0.0373.